The number of halogens is 3. The first-order chi connectivity index (χ1) is 8.97. The van der Waals surface area contributed by atoms with Crippen LogP contribution in [0.5, 0.6) is 0 Å². The molecule has 0 heterocycles. The van der Waals surface area contributed by atoms with Crippen LogP contribution in [-0.4, -0.2) is 23.0 Å². The maximum absolute atomic E-state index is 13.4. The second kappa shape index (κ2) is 7.58. The topological polar surface area (TPSA) is 17.1 Å². The van der Waals surface area contributed by atoms with E-state index >= 15 is 0 Å². The molecule has 0 fully saturated rings. The Labute approximate surface area is 115 Å². The predicted octanol–water partition coefficient (Wildman–Crippen LogP) is 4.72. The second-order valence-corrected chi connectivity index (χ2v) is 5.34. The Hall–Kier alpha value is -0.970. The third kappa shape index (κ3) is 5.27. The van der Waals surface area contributed by atoms with E-state index in [9.17, 15) is 18.0 Å². The van der Waals surface area contributed by atoms with Crippen LogP contribution in [0.3, 0.4) is 0 Å². The first-order valence-electron chi connectivity index (χ1n) is 6.21. The van der Waals surface area contributed by atoms with Gasteiger partial charge in [0, 0.05) is 17.7 Å². The van der Waals surface area contributed by atoms with Crippen molar-refractivity contribution in [1.29, 1.82) is 0 Å². The van der Waals surface area contributed by atoms with E-state index in [1.165, 1.54) is 0 Å². The zero-order chi connectivity index (χ0) is 14.3. The summed E-state index contributed by atoms with van der Waals surface area (Å²) >= 11 is 0.806. The molecule has 19 heavy (non-hydrogen) atoms. The maximum Gasteiger partial charge on any atom is 0.279 e. The molecule has 1 unspecified atom stereocenters. The summed E-state index contributed by atoms with van der Waals surface area (Å²) in [5.74, 6) is -3.43. The van der Waals surface area contributed by atoms with Crippen LogP contribution in [0.15, 0.2) is 30.3 Å². The highest BCUT2D eigenvalue weighted by atomic mass is 32.2. The third-order valence-electron chi connectivity index (χ3n) is 2.68. The Bertz CT molecular complexity index is 395. The van der Waals surface area contributed by atoms with Crippen molar-refractivity contribution in [1.82, 2.24) is 0 Å². The first-order valence-corrected chi connectivity index (χ1v) is 7.20. The number of rotatable bonds is 7. The minimum atomic E-state index is -3.35. The minimum Gasteiger partial charge on any atom is -0.282 e. The van der Waals surface area contributed by atoms with Crippen molar-refractivity contribution < 1.29 is 18.0 Å². The Morgan fingerprint density at radius 3 is 2.53 bits per heavy atom. The fraction of sp³-hybridized carbons (Fsp3) is 0.500. The van der Waals surface area contributed by atoms with E-state index in [1.54, 1.807) is 37.3 Å². The fourth-order valence-corrected chi connectivity index (χ4v) is 2.42. The molecule has 5 heteroatoms. The summed E-state index contributed by atoms with van der Waals surface area (Å²) in [5, 5.41) is -0.262. The maximum atomic E-state index is 13.4. The van der Waals surface area contributed by atoms with E-state index in [1.807, 2.05) is 0 Å². The Morgan fingerprint density at radius 2 is 1.95 bits per heavy atom. The van der Waals surface area contributed by atoms with Crippen molar-refractivity contribution in [2.24, 2.45) is 0 Å². The number of carbonyl (C=O) groups excluding carboxylic acids is 1. The third-order valence-corrected chi connectivity index (χ3v) is 3.58. The zero-order valence-corrected chi connectivity index (χ0v) is 11.6. The molecule has 1 atom stereocenters. The second-order valence-electron chi connectivity index (χ2n) is 4.27. The smallest absolute Gasteiger partial charge is 0.279 e. The lowest BCUT2D eigenvalue weighted by Gasteiger charge is -2.19. The van der Waals surface area contributed by atoms with E-state index < -0.39 is 18.5 Å². The highest BCUT2D eigenvalue weighted by Crippen LogP contribution is 2.30. The van der Waals surface area contributed by atoms with Gasteiger partial charge in [-0.15, -0.1) is 0 Å². The molecule has 0 N–H and O–H groups in total. The molecule has 0 aliphatic heterocycles. The molecular weight excluding hydrogens is 273 g/mol. The van der Waals surface area contributed by atoms with Gasteiger partial charge in [-0.05, 0) is 6.42 Å². The lowest BCUT2D eigenvalue weighted by Crippen LogP contribution is -2.30. The lowest BCUT2D eigenvalue weighted by atomic mass is 10.1. The standard InChI is InChI=1S/C14H17F3OS/c1-2-6-12(15)14(16,17)9-10-19-13(18)11-7-4-3-5-8-11/h3-5,7-8,12H,2,6,9-10H2,1H3. The highest BCUT2D eigenvalue weighted by molar-refractivity contribution is 8.14. The normalized spacial score (nSPS) is 13.3. The van der Waals surface area contributed by atoms with Crippen LogP contribution >= 0.6 is 11.8 Å². The molecule has 1 aromatic carbocycles. The van der Waals surface area contributed by atoms with Crippen LogP contribution in [0.2, 0.25) is 0 Å². The molecule has 1 aromatic rings. The van der Waals surface area contributed by atoms with Gasteiger partial charge in [-0.2, -0.15) is 0 Å². The summed E-state index contributed by atoms with van der Waals surface area (Å²) in [7, 11) is 0. The van der Waals surface area contributed by atoms with Gasteiger partial charge in [0.1, 0.15) is 0 Å². The largest absolute Gasteiger partial charge is 0.282 e. The summed E-state index contributed by atoms with van der Waals surface area (Å²) in [4.78, 5) is 11.7. The van der Waals surface area contributed by atoms with Crippen LogP contribution in [0.25, 0.3) is 0 Å². The number of hydrogen-bond acceptors (Lipinski definition) is 2. The van der Waals surface area contributed by atoms with Gasteiger partial charge in [0.15, 0.2) is 6.17 Å². The lowest BCUT2D eigenvalue weighted by molar-refractivity contribution is -0.0764. The van der Waals surface area contributed by atoms with E-state index in [0.717, 1.165) is 11.8 Å². The van der Waals surface area contributed by atoms with E-state index in [4.69, 9.17) is 0 Å². The van der Waals surface area contributed by atoms with Crippen LogP contribution in [0.4, 0.5) is 13.2 Å². The average molecular weight is 290 g/mol. The number of hydrogen-bond donors (Lipinski definition) is 0. The molecule has 0 amide bonds. The summed E-state index contributed by atoms with van der Waals surface area (Å²) in [6.45, 7) is 1.66. The summed E-state index contributed by atoms with van der Waals surface area (Å²) < 4.78 is 39.9. The Morgan fingerprint density at radius 1 is 1.32 bits per heavy atom. The van der Waals surface area contributed by atoms with Gasteiger partial charge in [-0.25, -0.2) is 13.2 Å². The van der Waals surface area contributed by atoms with Crippen LogP contribution in [0.1, 0.15) is 36.5 Å². The van der Waals surface area contributed by atoms with Crippen LogP contribution in [-0.2, 0) is 0 Å². The van der Waals surface area contributed by atoms with Crippen molar-refractivity contribution in [3.63, 3.8) is 0 Å². The SMILES string of the molecule is CCCC(F)C(F)(F)CCSC(=O)c1ccccc1. The van der Waals surface area contributed by atoms with Gasteiger partial charge in [-0.3, -0.25) is 4.79 Å². The van der Waals surface area contributed by atoms with Crippen LogP contribution in [0, 0.1) is 0 Å². The number of thioether (sulfide) groups is 1. The van der Waals surface area contributed by atoms with Crippen molar-refractivity contribution in [2.75, 3.05) is 5.75 Å². The van der Waals surface area contributed by atoms with Gasteiger partial charge >= 0.3 is 0 Å². The molecule has 1 rings (SSSR count). The van der Waals surface area contributed by atoms with Gasteiger partial charge in [-0.1, -0.05) is 55.4 Å². The highest BCUT2D eigenvalue weighted by Gasteiger charge is 2.38. The Balaban J connectivity index is 2.40. The van der Waals surface area contributed by atoms with E-state index in [-0.39, 0.29) is 17.3 Å². The number of alkyl halides is 3. The monoisotopic (exact) mass is 290 g/mol. The Kier molecular flexibility index (Phi) is 6.42. The van der Waals surface area contributed by atoms with E-state index in [2.05, 4.69) is 0 Å². The van der Waals surface area contributed by atoms with Gasteiger partial charge < -0.3 is 0 Å². The minimum absolute atomic E-state index is 0.0785. The number of carbonyl (C=O) groups is 1. The molecule has 0 aliphatic carbocycles. The van der Waals surface area contributed by atoms with Crippen LogP contribution < -0.4 is 0 Å². The summed E-state index contributed by atoms with van der Waals surface area (Å²) in [6, 6.07) is 8.45. The molecule has 0 radical (unpaired) electrons. The molecule has 0 bridgehead atoms. The molecule has 0 saturated carbocycles. The van der Waals surface area contributed by atoms with Gasteiger partial charge in [0.2, 0.25) is 5.12 Å². The van der Waals surface area contributed by atoms with Crippen molar-refractivity contribution in [3.05, 3.63) is 35.9 Å². The van der Waals surface area contributed by atoms with Crippen molar-refractivity contribution in [2.45, 2.75) is 38.3 Å². The average Bonchev–Trinajstić information content (AvgIpc) is 2.39. The van der Waals surface area contributed by atoms with Gasteiger partial charge in [0.05, 0.1) is 0 Å². The summed E-state index contributed by atoms with van der Waals surface area (Å²) in [5.41, 5.74) is 0.473. The molecule has 0 spiro atoms. The molecule has 0 aromatic heterocycles. The molecule has 0 saturated heterocycles. The van der Waals surface area contributed by atoms with Crippen molar-refractivity contribution >= 4 is 16.9 Å². The molecule has 1 nitrogen and oxygen atoms in total. The number of benzene rings is 1. The molecule has 106 valence electrons. The van der Waals surface area contributed by atoms with Gasteiger partial charge in [0.25, 0.3) is 5.92 Å². The molecule has 0 aliphatic rings. The zero-order valence-electron chi connectivity index (χ0n) is 10.7. The quantitative estimate of drug-likeness (QED) is 0.722. The predicted molar refractivity (Wildman–Crippen MR) is 72.6 cm³/mol. The summed E-state index contributed by atoms with van der Waals surface area (Å²) in [6.07, 6.45) is -2.50. The van der Waals surface area contributed by atoms with E-state index in [0.29, 0.717) is 12.0 Å². The molecular formula is C14H17F3OS. The fourth-order valence-electron chi connectivity index (χ4n) is 1.56. The first kappa shape index (κ1) is 16.1. The van der Waals surface area contributed by atoms with Crippen molar-refractivity contribution in [3.8, 4) is 0 Å².